The Balaban J connectivity index is 2.37. The predicted molar refractivity (Wildman–Crippen MR) is 66.5 cm³/mol. The van der Waals surface area contributed by atoms with Gasteiger partial charge in [-0.2, -0.15) is 0 Å². The van der Waals surface area contributed by atoms with Crippen LogP contribution in [0.4, 0.5) is 0 Å². The Labute approximate surface area is 103 Å². The van der Waals surface area contributed by atoms with Crippen LogP contribution in [0.1, 0.15) is 33.6 Å². The predicted octanol–water partition coefficient (Wildman–Crippen LogP) is 0.0153. The molecule has 1 fully saturated rings. The Morgan fingerprint density at radius 2 is 2.18 bits per heavy atom. The van der Waals surface area contributed by atoms with Crippen molar-refractivity contribution in [3.05, 3.63) is 0 Å². The highest BCUT2D eigenvalue weighted by Crippen LogP contribution is 2.14. The molecule has 0 aromatic heterocycles. The maximum absolute atomic E-state index is 11.9. The quantitative estimate of drug-likeness (QED) is 0.635. The smallest absolute Gasteiger partial charge is 0.242 e. The van der Waals surface area contributed by atoms with E-state index < -0.39 is 6.04 Å². The highest BCUT2D eigenvalue weighted by atomic mass is 16.2. The number of nitrogens with one attached hydrogen (secondary N) is 3. The second-order valence-electron chi connectivity index (χ2n) is 4.72. The lowest BCUT2D eigenvalue weighted by Crippen LogP contribution is -2.51. The molecule has 1 saturated heterocycles. The van der Waals surface area contributed by atoms with Crippen molar-refractivity contribution >= 4 is 11.8 Å². The normalized spacial score (nSPS) is 25.4. The largest absolute Gasteiger partial charge is 0.354 e. The minimum atomic E-state index is -0.469. The van der Waals surface area contributed by atoms with Gasteiger partial charge in [0, 0.05) is 6.54 Å². The lowest BCUT2D eigenvalue weighted by molar-refractivity contribution is -0.129. The van der Waals surface area contributed by atoms with Crippen LogP contribution < -0.4 is 16.0 Å². The molecular formula is C12H23N3O2. The minimum Gasteiger partial charge on any atom is -0.354 e. The summed E-state index contributed by atoms with van der Waals surface area (Å²) in [4.78, 5) is 23.5. The molecule has 5 heteroatoms. The van der Waals surface area contributed by atoms with Crippen molar-refractivity contribution in [3.8, 4) is 0 Å². The van der Waals surface area contributed by atoms with Gasteiger partial charge in [0.25, 0.3) is 0 Å². The standard InChI is InChI=1S/C12H23N3O2/c1-4-6-14-11(16)9(3)15-12(17)10-8(2)5-7-13-10/h8-10,13H,4-7H2,1-3H3,(H,14,16)(H,15,17). The van der Waals surface area contributed by atoms with Gasteiger partial charge in [-0.15, -0.1) is 0 Å². The summed E-state index contributed by atoms with van der Waals surface area (Å²) in [5.41, 5.74) is 0. The molecule has 1 aliphatic heterocycles. The van der Waals surface area contributed by atoms with Gasteiger partial charge in [-0.05, 0) is 32.2 Å². The fourth-order valence-corrected chi connectivity index (χ4v) is 1.96. The second kappa shape index (κ2) is 6.59. The van der Waals surface area contributed by atoms with Gasteiger partial charge >= 0.3 is 0 Å². The van der Waals surface area contributed by atoms with E-state index in [0.717, 1.165) is 19.4 Å². The third kappa shape index (κ3) is 4.00. The average molecular weight is 241 g/mol. The van der Waals surface area contributed by atoms with Gasteiger partial charge in [0.2, 0.25) is 11.8 Å². The van der Waals surface area contributed by atoms with Gasteiger partial charge in [-0.3, -0.25) is 9.59 Å². The van der Waals surface area contributed by atoms with Crippen LogP contribution in [0, 0.1) is 5.92 Å². The van der Waals surface area contributed by atoms with E-state index in [1.54, 1.807) is 6.92 Å². The van der Waals surface area contributed by atoms with E-state index in [2.05, 4.69) is 16.0 Å². The van der Waals surface area contributed by atoms with Crippen LogP contribution in [-0.2, 0) is 9.59 Å². The Morgan fingerprint density at radius 1 is 1.47 bits per heavy atom. The summed E-state index contributed by atoms with van der Waals surface area (Å²) in [5.74, 6) is 0.140. The fraction of sp³-hybridized carbons (Fsp3) is 0.833. The maximum Gasteiger partial charge on any atom is 0.242 e. The van der Waals surface area contributed by atoms with Crippen molar-refractivity contribution < 1.29 is 9.59 Å². The number of carbonyl (C=O) groups is 2. The fourth-order valence-electron chi connectivity index (χ4n) is 1.96. The van der Waals surface area contributed by atoms with Crippen molar-refractivity contribution in [1.82, 2.24) is 16.0 Å². The van der Waals surface area contributed by atoms with Gasteiger partial charge < -0.3 is 16.0 Å². The zero-order chi connectivity index (χ0) is 12.8. The molecule has 0 aromatic carbocycles. The first kappa shape index (κ1) is 14.0. The average Bonchev–Trinajstić information content (AvgIpc) is 2.72. The summed E-state index contributed by atoms with van der Waals surface area (Å²) >= 11 is 0. The van der Waals surface area contributed by atoms with Gasteiger partial charge in [0.15, 0.2) is 0 Å². The third-order valence-corrected chi connectivity index (χ3v) is 3.12. The number of carbonyl (C=O) groups excluding carboxylic acids is 2. The molecule has 3 N–H and O–H groups in total. The van der Waals surface area contributed by atoms with E-state index in [1.807, 2.05) is 13.8 Å². The lowest BCUT2D eigenvalue weighted by atomic mass is 10.0. The topological polar surface area (TPSA) is 70.2 Å². The van der Waals surface area contributed by atoms with Crippen LogP contribution in [-0.4, -0.2) is 37.0 Å². The highest BCUT2D eigenvalue weighted by molar-refractivity contribution is 5.89. The van der Waals surface area contributed by atoms with Crippen LogP contribution in [0.15, 0.2) is 0 Å². The zero-order valence-corrected chi connectivity index (χ0v) is 10.9. The molecule has 0 saturated carbocycles. The molecule has 0 radical (unpaired) electrons. The molecule has 0 spiro atoms. The Kier molecular flexibility index (Phi) is 5.41. The first-order valence-corrected chi connectivity index (χ1v) is 6.37. The Morgan fingerprint density at radius 3 is 2.71 bits per heavy atom. The van der Waals surface area contributed by atoms with E-state index >= 15 is 0 Å². The van der Waals surface area contributed by atoms with Gasteiger partial charge in [-0.1, -0.05) is 13.8 Å². The number of hydrogen-bond donors (Lipinski definition) is 3. The molecule has 1 rings (SSSR count). The van der Waals surface area contributed by atoms with Crippen LogP contribution >= 0.6 is 0 Å². The molecule has 0 aliphatic carbocycles. The highest BCUT2D eigenvalue weighted by Gasteiger charge is 2.30. The molecule has 98 valence electrons. The first-order chi connectivity index (χ1) is 8.06. The third-order valence-electron chi connectivity index (χ3n) is 3.12. The van der Waals surface area contributed by atoms with Gasteiger partial charge in [-0.25, -0.2) is 0 Å². The van der Waals surface area contributed by atoms with Crippen molar-refractivity contribution in [3.63, 3.8) is 0 Å². The summed E-state index contributed by atoms with van der Waals surface area (Å²) < 4.78 is 0. The van der Waals surface area contributed by atoms with Crippen LogP contribution in [0.25, 0.3) is 0 Å². The van der Waals surface area contributed by atoms with Crippen LogP contribution in [0.2, 0.25) is 0 Å². The summed E-state index contributed by atoms with van der Waals surface area (Å²) in [7, 11) is 0. The summed E-state index contributed by atoms with van der Waals surface area (Å²) in [5, 5.41) is 8.66. The zero-order valence-electron chi connectivity index (χ0n) is 10.9. The summed E-state index contributed by atoms with van der Waals surface area (Å²) in [6.45, 7) is 7.27. The van der Waals surface area contributed by atoms with E-state index in [1.165, 1.54) is 0 Å². The number of hydrogen-bond acceptors (Lipinski definition) is 3. The Hall–Kier alpha value is -1.10. The first-order valence-electron chi connectivity index (χ1n) is 6.37. The Bertz CT molecular complexity index is 281. The van der Waals surface area contributed by atoms with Crippen molar-refractivity contribution in [2.75, 3.05) is 13.1 Å². The van der Waals surface area contributed by atoms with Crippen molar-refractivity contribution in [1.29, 1.82) is 0 Å². The molecule has 3 unspecified atom stereocenters. The van der Waals surface area contributed by atoms with Crippen molar-refractivity contribution in [2.45, 2.75) is 45.7 Å². The monoisotopic (exact) mass is 241 g/mol. The van der Waals surface area contributed by atoms with E-state index in [9.17, 15) is 9.59 Å². The molecule has 3 atom stereocenters. The molecule has 1 heterocycles. The van der Waals surface area contributed by atoms with Gasteiger partial charge in [0.1, 0.15) is 6.04 Å². The molecule has 0 bridgehead atoms. The molecule has 17 heavy (non-hydrogen) atoms. The van der Waals surface area contributed by atoms with Gasteiger partial charge in [0.05, 0.1) is 6.04 Å². The molecule has 5 nitrogen and oxygen atoms in total. The summed E-state index contributed by atoms with van der Waals surface area (Å²) in [6.07, 6.45) is 1.90. The maximum atomic E-state index is 11.9. The number of rotatable bonds is 5. The van der Waals surface area contributed by atoms with E-state index in [0.29, 0.717) is 12.5 Å². The van der Waals surface area contributed by atoms with Crippen molar-refractivity contribution in [2.24, 2.45) is 5.92 Å². The second-order valence-corrected chi connectivity index (χ2v) is 4.72. The molecule has 0 aromatic rings. The van der Waals surface area contributed by atoms with Crippen LogP contribution in [0.5, 0.6) is 0 Å². The number of amides is 2. The SMILES string of the molecule is CCCNC(=O)C(C)NC(=O)C1NCCC1C. The molecule has 2 amide bonds. The minimum absolute atomic E-state index is 0.0749. The summed E-state index contributed by atoms with van der Waals surface area (Å²) in [6, 6.07) is -0.625. The van der Waals surface area contributed by atoms with Crippen LogP contribution in [0.3, 0.4) is 0 Å². The van der Waals surface area contributed by atoms with E-state index in [4.69, 9.17) is 0 Å². The van der Waals surface area contributed by atoms with E-state index in [-0.39, 0.29) is 17.9 Å². The molecule has 1 aliphatic rings. The molecular weight excluding hydrogens is 218 g/mol. The lowest BCUT2D eigenvalue weighted by Gasteiger charge is -2.19.